The number of aryl methyl sites for hydroxylation is 1. The Morgan fingerprint density at radius 3 is 2.52 bits per heavy atom. The molecule has 0 saturated carbocycles. The number of carbonyl (C=O) groups excluding carboxylic acids is 2. The summed E-state index contributed by atoms with van der Waals surface area (Å²) >= 11 is 3.37. The third kappa shape index (κ3) is 5.21. The van der Waals surface area contributed by atoms with Gasteiger partial charge in [-0.25, -0.2) is 0 Å². The van der Waals surface area contributed by atoms with E-state index in [-0.39, 0.29) is 18.2 Å². The number of hydrogen-bond acceptors (Lipinski definition) is 2. The summed E-state index contributed by atoms with van der Waals surface area (Å²) in [6.07, 6.45) is 0.236. The van der Waals surface area contributed by atoms with Crippen LogP contribution >= 0.6 is 15.9 Å². The zero-order chi connectivity index (χ0) is 16.8. The summed E-state index contributed by atoms with van der Waals surface area (Å²) < 4.78 is 0.903. The molecule has 0 aliphatic heterocycles. The summed E-state index contributed by atoms with van der Waals surface area (Å²) in [5.74, 6) is -0.201. The van der Waals surface area contributed by atoms with Crippen LogP contribution in [0.25, 0.3) is 0 Å². The van der Waals surface area contributed by atoms with Crippen LogP contribution in [0, 0.1) is 6.92 Å². The van der Waals surface area contributed by atoms with Crippen molar-refractivity contribution in [3.8, 4) is 0 Å². The van der Waals surface area contributed by atoms with Crippen molar-refractivity contribution < 1.29 is 9.59 Å². The van der Waals surface area contributed by atoms with Gasteiger partial charge in [0.2, 0.25) is 11.8 Å². The minimum Gasteiger partial charge on any atom is -0.326 e. The monoisotopic (exact) mass is 374 g/mol. The lowest BCUT2D eigenvalue weighted by Crippen LogP contribution is -2.32. The number of anilines is 2. The standard InChI is InChI=1S/C18H19BrN2O2/c1-13-5-3-8-17(11-13)21(14(2)22)10-9-18(23)20-16-7-4-6-15(19)12-16/h3-8,11-12H,9-10H2,1-2H3,(H,20,23). The van der Waals surface area contributed by atoms with Gasteiger partial charge in [-0.2, -0.15) is 0 Å². The Morgan fingerprint density at radius 1 is 1.13 bits per heavy atom. The summed E-state index contributed by atoms with van der Waals surface area (Å²) in [6.45, 7) is 3.83. The van der Waals surface area contributed by atoms with Crippen LogP contribution in [0.5, 0.6) is 0 Å². The topological polar surface area (TPSA) is 49.4 Å². The smallest absolute Gasteiger partial charge is 0.226 e. The van der Waals surface area contributed by atoms with Crippen LogP contribution in [0.15, 0.2) is 53.0 Å². The second-order valence-electron chi connectivity index (χ2n) is 5.32. The lowest BCUT2D eigenvalue weighted by Gasteiger charge is -2.21. The Labute approximate surface area is 144 Å². The van der Waals surface area contributed by atoms with Crippen LogP contribution in [-0.4, -0.2) is 18.4 Å². The van der Waals surface area contributed by atoms with Gasteiger partial charge in [-0.05, 0) is 42.8 Å². The zero-order valence-electron chi connectivity index (χ0n) is 13.2. The van der Waals surface area contributed by atoms with Gasteiger partial charge in [-0.3, -0.25) is 9.59 Å². The summed E-state index contributed by atoms with van der Waals surface area (Å²) in [7, 11) is 0. The molecule has 0 aromatic heterocycles. The second-order valence-corrected chi connectivity index (χ2v) is 6.23. The first-order valence-corrected chi connectivity index (χ1v) is 8.15. The van der Waals surface area contributed by atoms with Crippen molar-refractivity contribution in [3.63, 3.8) is 0 Å². The highest BCUT2D eigenvalue weighted by molar-refractivity contribution is 9.10. The maximum atomic E-state index is 12.1. The zero-order valence-corrected chi connectivity index (χ0v) is 14.8. The first-order valence-electron chi connectivity index (χ1n) is 7.36. The molecule has 0 aliphatic rings. The van der Waals surface area contributed by atoms with E-state index < -0.39 is 0 Å². The highest BCUT2D eigenvalue weighted by Gasteiger charge is 2.13. The molecule has 5 heteroatoms. The van der Waals surface area contributed by atoms with E-state index in [1.165, 1.54) is 6.92 Å². The quantitative estimate of drug-likeness (QED) is 0.854. The molecule has 2 amide bonds. The Kier molecular flexibility index (Phi) is 5.93. The molecule has 0 spiro atoms. The maximum absolute atomic E-state index is 12.1. The van der Waals surface area contributed by atoms with Crippen LogP contribution in [0.1, 0.15) is 18.9 Å². The van der Waals surface area contributed by atoms with E-state index in [2.05, 4.69) is 21.2 Å². The van der Waals surface area contributed by atoms with Crippen LogP contribution in [0.3, 0.4) is 0 Å². The molecule has 2 rings (SSSR count). The van der Waals surface area contributed by atoms with E-state index in [1.807, 2.05) is 55.5 Å². The van der Waals surface area contributed by atoms with E-state index in [1.54, 1.807) is 4.90 Å². The van der Waals surface area contributed by atoms with Gasteiger partial charge >= 0.3 is 0 Å². The summed E-state index contributed by atoms with van der Waals surface area (Å²) in [5, 5.41) is 2.83. The van der Waals surface area contributed by atoms with Gasteiger partial charge in [-0.15, -0.1) is 0 Å². The Bertz CT molecular complexity index is 716. The van der Waals surface area contributed by atoms with E-state index in [4.69, 9.17) is 0 Å². The summed E-state index contributed by atoms with van der Waals surface area (Å²) in [5.41, 5.74) is 2.62. The molecule has 0 bridgehead atoms. The first-order chi connectivity index (χ1) is 11.0. The summed E-state index contributed by atoms with van der Waals surface area (Å²) in [4.78, 5) is 25.6. The molecule has 0 saturated heterocycles. The average molecular weight is 375 g/mol. The molecule has 0 heterocycles. The molecule has 0 radical (unpaired) electrons. The molecule has 120 valence electrons. The number of halogens is 1. The lowest BCUT2D eigenvalue weighted by molar-refractivity contribution is -0.117. The molecular formula is C18H19BrN2O2. The van der Waals surface area contributed by atoms with Crippen LogP contribution < -0.4 is 10.2 Å². The van der Waals surface area contributed by atoms with E-state index in [0.717, 1.165) is 21.4 Å². The van der Waals surface area contributed by atoms with Crippen LogP contribution in [-0.2, 0) is 9.59 Å². The van der Waals surface area contributed by atoms with Crippen molar-refractivity contribution in [2.45, 2.75) is 20.3 Å². The highest BCUT2D eigenvalue weighted by Crippen LogP contribution is 2.18. The van der Waals surface area contributed by atoms with Crippen molar-refractivity contribution in [1.82, 2.24) is 0 Å². The molecule has 1 N–H and O–H groups in total. The third-order valence-corrected chi connectivity index (χ3v) is 3.86. The van der Waals surface area contributed by atoms with Crippen molar-refractivity contribution in [3.05, 3.63) is 58.6 Å². The van der Waals surface area contributed by atoms with Crippen LogP contribution in [0.4, 0.5) is 11.4 Å². The highest BCUT2D eigenvalue weighted by atomic mass is 79.9. The Morgan fingerprint density at radius 2 is 1.87 bits per heavy atom. The maximum Gasteiger partial charge on any atom is 0.226 e. The average Bonchev–Trinajstić information content (AvgIpc) is 2.47. The third-order valence-electron chi connectivity index (χ3n) is 3.36. The molecule has 0 fully saturated rings. The fourth-order valence-corrected chi connectivity index (χ4v) is 2.67. The van der Waals surface area contributed by atoms with Gasteiger partial charge in [0.1, 0.15) is 0 Å². The predicted molar refractivity (Wildman–Crippen MR) is 96.6 cm³/mol. The van der Waals surface area contributed by atoms with E-state index in [0.29, 0.717) is 6.54 Å². The number of benzene rings is 2. The van der Waals surface area contributed by atoms with Crippen molar-refractivity contribution >= 4 is 39.1 Å². The molecule has 0 atom stereocenters. The lowest BCUT2D eigenvalue weighted by atomic mass is 10.2. The van der Waals surface area contributed by atoms with Gasteiger partial charge in [0, 0.05) is 35.7 Å². The molecule has 2 aromatic carbocycles. The molecule has 2 aromatic rings. The van der Waals surface area contributed by atoms with Crippen molar-refractivity contribution in [2.24, 2.45) is 0 Å². The van der Waals surface area contributed by atoms with Gasteiger partial charge in [0.25, 0.3) is 0 Å². The molecule has 4 nitrogen and oxygen atoms in total. The largest absolute Gasteiger partial charge is 0.326 e. The molecule has 23 heavy (non-hydrogen) atoms. The van der Waals surface area contributed by atoms with E-state index >= 15 is 0 Å². The van der Waals surface area contributed by atoms with Gasteiger partial charge < -0.3 is 10.2 Å². The fraction of sp³-hybridized carbons (Fsp3) is 0.222. The molecular weight excluding hydrogens is 356 g/mol. The molecule has 0 aliphatic carbocycles. The minimum atomic E-state index is -0.123. The van der Waals surface area contributed by atoms with Crippen molar-refractivity contribution in [2.75, 3.05) is 16.8 Å². The Hall–Kier alpha value is -2.14. The Balaban J connectivity index is 1.99. The predicted octanol–water partition coefficient (Wildman–Crippen LogP) is 4.14. The number of nitrogens with one attached hydrogen (secondary N) is 1. The number of rotatable bonds is 5. The van der Waals surface area contributed by atoms with Gasteiger partial charge in [0.05, 0.1) is 0 Å². The molecule has 0 unspecified atom stereocenters. The van der Waals surface area contributed by atoms with Crippen molar-refractivity contribution in [1.29, 1.82) is 0 Å². The first kappa shape index (κ1) is 17.2. The normalized spacial score (nSPS) is 10.2. The van der Waals surface area contributed by atoms with Crippen LogP contribution in [0.2, 0.25) is 0 Å². The van der Waals surface area contributed by atoms with Gasteiger partial charge in [0.15, 0.2) is 0 Å². The minimum absolute atomic E-state index is 0.0779. The number of nitrogens with zero attached hydrogens (tertiary/aromatic N) is 1. The SMILES string of the molecule is CC(=O)N(CCC(=O)Nc1cccc(Br)c1)c1cccc(C)c1. The number of hydrogen-bond donors (Lipinski definition) is 1. The fourth-order valence-electron chi connectivity index (χ4n) is 2.27. The number of carbonyl (C=O) groups is 2. The van der Waals surface area contributed by atoms with Gasteiger partial charge in [-0.1, -0.05) is 34.1 Å². The van der Waals surface area contributed by atoms with E-state index in [9.17, 15) is 9.59 Å². The summed E-state index contributed by atoms with van der Waals surface area (Å²) in [6, 6.07) is 15.1. The number of amides is 2. The second kappa shape index (κ2) is 7.92.